The first-order chi connectivity index (χ1) is 16.8. The van der Waals surface area contributed by atoms with Crippen LogP contribution in [-0.2, 0) is 14.7 Å². The second-order valence-electron chi connectivity index (χ2n) is 10.9. The average Bonchev–Trinajstić information content (AvgIpc) is 3.27. The van der Waals surface area contributed by atoms with Gasteiger partial charge in [-0.15, -0.1) is 0 Å². The molecule has 35 heavy (non-hydrogen) atoms. The van der Waals surface area contributed by atoms with E-state index in [2.05, 4.69) is 132 Å². The molecule has 4 aromatic rings. The van der Waals surface area contributed by atoms with Crippen LogP contribution in [0.4, 0.5) is 0 Å². The van der Waals surface area contributed by atoms with Crippen LogP contribution in [0.25, 0.3) is 11.1 Å². The molecule has 6 rings (SSSR count). The number of fused-ring (bicyclic) bond motifs is 3. The zero-order valence-electron chi connectivity index (χ0n) is 21.1. The monoisotopic (exact) mass is 458 g/mol. The van der Waals surface area contributed by atoms with E-state index in [1.54, 1.807) is 0 Å². The van der Waals surface area contributed by atoms with Gasteiger partial charge in [-0.2, -0.15) is 0 Å². The van der Waals surface area contributed by atoms with Gasteiger partial charge in [-0.1, -0.05) is 97.1 Å². The van der Waals surface area contributed by atoms with Gasteiger partial charge in [0.05, 0.1) is 16.6 Å². The van der Waals surface area contributed by atoms with Crippen LogP contribution >= 0.6 is 0 Å². The number of aryl methyl sites for hydroxylation is 1. The highest BCUT2D eigenvalue weighted by Crippen LogP contribution is 2.56. The second-order valence-corrected chi connectivity index (χ2v) is 10.9. The van der Waals surface area contributed by atoms with Gasteiger partial charge in [-0.3, -0.25) is 0 Å². The Morgan fingerprint density at radius 1 is 0.600 bits per heavy atom. The van der Waals surface area contributed by atoms with Crippen molar-refractivity contribution in [3.63, 3.8) is 0 Å². The van der Waals surface area contributed by atoms with Crippen molar-refractivity contribution in [1.29, 1.82) is 0 Å². The number of benzene rings is 4. The molecule has 0 amide bonds. The summed E-state index contributed by atoms with van der Waals surface area (Å²) in [5.41, 5.74) is 8.93. The Kier molecular flexibility index (Phi) is 4.90. The Hall–Kier alpha value is -3.14. The van der Waals surface area contributed by atoms with Crippen molar-refractivity contribution in [2.75, 3.05) is 0 Å². The van der Waals surface area contributed by atoms with Gasteiger partial charge in [0.2, 0.25) is 0 Å². The summed E-state index contributed by atoms with van der Waals surface area (Å²) in [6, 6.07) is 35.3. The Morgan fingerprint density at radius 3 is 1.74 bits per heavy atom. The minimum atomic E-state index is -0.418. The Balaban J connectivity index is 1.66. The first-order valence-electron chi connectivity index (χ1n) is 12.5. The summed E-state index contributed by atoms with van der Waals surface area (Å²) in [5, 5.41) is 0. The fourth-order valence-electron chi connectivity index (χ4n) is 5.86. The van der Waals surface area contributed by atoms with Crippen LogP contribution in [0, 0.1) is 6.92 Å². The molecular weight excluding hydrogens is 427 g/mol. The lowest BCUT2D eigenvalue weighted by Gasteiger charge is -2.34. The zero-order chi connectivity index (χ0) is 24.4. The quantitative estimate of drug-likeness (QED) is 0.282. The molecule has 0 aromatic heterocycles. The standard InChI is InChI=1S/C32H31BO2/c1-22-13-12-18-27-29(22)26-20-19-25(33-34-30(2,3)31(4,5)35-33)21-28(26)32(27,23-14-8-6-9-15-23)24-16-10-7-11-17-24/h6-21H,1-5H3. The molecular formula is C32H31BO2. The average molecular weight is 458 g/mol. The summed E-state index contributed by atoms with van der Waals surface area (Å²) >= 11 is 0. The highest BCUT2D eigenvalue weighted by Gasteiger charge is 2.53. The summed E-state index contributed by atoms with van der Waals surface area (Å²) in [6.07, 6.45) is 0. The zero-order valence-corrected chi connectivity index (χ0v) is 21.1. The maximum absolute atomic E-state index is 6.47. The van der Waals surface area contributed by atoms with Crippen molar-refractivity contribution in [2.45, 2.75) is 51.2 Å². The third-order valence-electron chi connectivity index (χ3n) is 8.33. The molecule has 0 atom stereocenters. The van der Waals surface area contributed by atoms with E-state index in [1.807, 2.05) is 0 Å². The summed E-state index contributed by atoms with van der Waals surface area (Å²) < 4.78 is 12.9. The minimum absolute atomic E-state index is 0.383. The van der Waals surface area contributed by atoms with E-state index in [4.69, 9.17) is 9.31 Å². The summed E-state index contributed by atoms with van der Waals surface area (Å²) in [6.45, 7) is 10.7. The van der Waals surface area contributed by atoms with Crippen LogP contribution in [0.1, 0.15) is 55.5 Å². The number of rotatable bonds is 3. The van der Waals surface area contributed by atoms with E-state index in [0.717, 1.165) is 5.46 Å². The Morgan fingerprint density at radius 2 is 1.17 bits per heavy atom. The molecule has 0 saturated carbocycles. The lowest BCUT2D eigenvalue weighted by atomic mass is 9.66. The first-order valence-corrected chi connectivity index (χ1v) is 12.5. The maximum atomic E-state index is 6.47. The van der Waals surface area contributed by atoms with Gasteiger partial charge in [-0.05, 0) is 79.0 Å². The van der Waals surface area contributed by atoms with Crippen molar-refractivity contribution < 1.29 is 9.31 Å². The van der Waals surface area contributed by atoms with E-state index in [1.165, 1.54) is 38.9 Å². The van der Waals surface area contributed by atoms with Gasteiger partial charge in [-0.25, -0.2) is 0 Å². The highest BCUT2D eigenvalue weighted by molar-refractivity contribution is 6.62. The van der Waals surface area contributed by atoms with E-state index < -0.39 is 12.5 Å². The van der Waals surface area contributed by atoms with Crippen molar-refractivity contribution in [3.05, 3.63) is 125 Å². The van der Waals surface area contributed by atoms with E-state index in [-0.39, 0.29) is 11.2 Å². The third kappa shape index (κ3) is 3.11. The number of hydrogen-bond acceptors (Lipinski definition) is 2. The van der Waals surface area contributed by atoms with Crippen LogP contribution in [0.5, 0.6) is 0 Å². The molecule has 1 aliphatic carbocycles. The summed E-state index contributed by atoms with van der Waals surface area (Å²) in [5.74, 6) is 0. The predicted molar refractivity (Wildman–Crippen MR) is 144 cm³/mol. The van der Waals surface area contributed by atoms with Crippen molar-refractivity contribution in [1.82, 2.24) is 0 Å². The smallest absolute Gasteiger partial charge is 0.399 e. The molecule has 0 N–H and O–H groups in total. The Bertz CT molecular complexity index is 1350. The molecule has 2 nitrogen and oxygen atoms in total. The van der Waals surface area contributed by atoms with Crippen molar-refractivity contribution >= 4 is 12.6 Å². The molecule has 0 bridgehead atoms. The molecule has 3 heteroatoms. The molecule has 4 aromatic carbocycles. The van der Waals surface area contributed by atoms with Gasteiger partial charge in [0.15, 0.2) is 0 Å². The highest BCUT2D eigenvalue weighted by atomic mass is 16.7. The van der Waals surface area contributed by atoms with Gasteiger partial charge in [0.25, 0.3) is 0 Å². The molecule has 0 radical (unpaired) electrons. The van der Waals surface area contributed by atoms with E-state index in [0.29, 0.717) is 0 Å². The van der Waals surface area contributed by atoms with Gasteiger partial charge in [0, 0.05) is 0 Å². The lowest BCUT2D eigenvalue weighted by molar-refractivity contribution is 0.00578. The lowest BCUT2D eigenvalue weighted by Crippen LogP contribution is -2.41. The van der Waals surface area contributed by atoms with Crippen LogP contribution < -0.4 is 5.46 Å². The van der Waals surface area contributed by atoms with Crippen LogP contribution in [-0.4, -0.2) is 18.3 Å². The molecule has 1 fully saturated rings. The van der Waals surface area contributed by atoms with E-state index >= 15 is 0 Å². The molecule has 2 aliphatic rings. The van der Waals surface area contributed by atoms with Crippen LogP contribution in [0.15, 0.2) is 97.1 Å². The normalized spacial score (nSPS) is 18.8. The van der Waals surface area contributed by atoms with Gasteiger partial charge < -0.3 is 9.31 Å². The topological polar surface area (TPSA) is 18.5 Å². The van der Waals surface area contributed by atoms with Crippen molar-refractivity contribution in [3.8, 4) is 11.1 Å². The fraction of sp³-hybridized carbons (Fsp3) is 0.250. The minimum Gasteiger partial charge on any atom is -0.399 e. The number of hydrogen-bond donors (Lipinski definition) is 0. The molecule has 174 valence electrons. The van der Waals surface area contributed by atoms with Crippen molar-refractivity contribution in [2.24, 2.45) is 0 Å². The van der Waals surface area contributed by atoms with Gasteiger partial charge in [0.1, 0.15) is 0 Å². The molecule has 1 heterocycles. The third-order valence-corrected chi connectivity index (χ3v) is 8.33. The first kappa shape index (κ1) is 22.3. The SMILES string of the molecule is Cc1cccc2c1-c1ccc(B3OC(C)(C)C(C)(C)O3)cc1C2(c1ccccc1)c1ccccc1. The van der Waals surface area contributed by atoms with Crippen LogP contribution in [0.3, 0.4) is 0 Å². The molecule has 0 unspecified atom stereocenters. The molecule has 1 saturated heterocycles. The molecule has 0 spiro atoms. The van der Waals surface area contributed by atoms with Crippen LogP contribution in [0.2, 0.25) is 0 Å². The summed E-state index contributed by atoms with van der Waals surface area (Å²) in [7, 11) is -0.403. The molecule has 1 aliphatic heterocycles. The maximum Gasteiger partial charge on any atom is 0.494 e. The largest absolute Gasteiger partial charge is 0.494 e. The van der Waals surface area contributed by atoms with E-state index in [9.17, 15) is 0 Å². The summed E-state index contributed by atoms with van der Waals surface area (Å²) in [4.78, 5) is 0. The Labute approximate surface area is 209 Å². The fourth-order valence-corrected chi connectivity index (χ4v) is 5.86. The predicted octanol–water partition coefficient (Wildman–Crippen LogP) is 6.66. The van der Waals surface area contributed by atoms with Gasteiger partial charge >= 0.3 is 7.12 Å². The second kappa shape index (κ2) is 7.68.